The normalized spacial score (nSPS) is 12.8. The molecule has 0 radical (unpaired) electrons. The number of hydrogen-bond acceptors (Lipinski definition) is 3. The molecule has 1 rings (SSSR count). The number of thiophene rings is 1. The Bertz CT molecular complexity index is 320. The zero-order valence-electron chi connectivity index (χ0n) is 10.4. The van der Waals surface area contributed by atoms with Crippen molar-refractivity contribution in [2.45, 2.75) is 26.4 Å². The average Bonchev–Trinajstić information content (AvgIpc) is 2.69. The molecular formula is C12H20N2OS. The zero-order chi connectivity index (χ0) is 12.1. The lowest BCUT2D eigenvalue weighted by Crippen LogP contribution is -2.46. The van der Waals surface area contributed by atoms with Gasteiger partial charge in [-0.1, -0.05) is 13.8 Å². The molecule has 0 aliphatic heterocycles. The molecular weight excluding hydrogens is 220 g/mol. The van der Waals surface area contributed by atoms with Gasteiger partial charge in [0, 0.05) is 20.6 Å². The molecule has 90 valence electrons. The molecule has 1 N–H and O–H groups in total. The van der Waals surface area contributed by atoms with Gasteiger partial charge in [-0.2, -0.15) is 11.3 Å². The highest BCUT2D eigenvalue weighted by molar-refractivity contribution is 7.07. The van der Waals surface area contributed by atoms with Crippen molar-refractivity contribution in [1.82, 2.24) is 10.2 Å². The van der Waals surface area contributed by atoms with Gasteiger partial charge in [0.05, 0.1) is 6.04 Å². The Morgan fingerprint density at radius 3 is 2.62 bits per heavy atom. The molecule has 0 aromatic carbocycles. The van der Waals surface area contributed by atoms with E-state index in [2.05, 4.69) is 36.0 Å². The lowest BCUT2D eigenvalue weighted by molar-refractivity contribution is -0.132. The van der Waals surface area contributed by atoms with Crippen LogP contribution in [0.2, 0.25) is 0 Å². The summed E-state index contributed by atoms with van der Waals surface area (Å²) >= 11 is 1.68. The third kappa shape index (κ3) is 3.61. The van der Waals surface area contributed by atoms with E-state index in [9.17, 15) is 4.79 Å². The van der Waals surface area contributed by atoms with Gasteiger partial charge in [0.1, 0.15) is 0 Å². The number of rotatable bonds is 5. The molecule has 16 heavy (non-hydrogen) atoms. The van der Waals surface area contributed by atoms with Gasteiger partial charge in [-0.25, -0.2) is 0 Å². The maximum absolute atomic E-state index is 11.9. The van der Waals surface area contributed by atoms with Crippen LogP contribution in [-0.2, 0) is 11.3 Å². The molecule has 0 bridgehead atoms. The molecule has 0 saturated heterocycles. The van der Waals surface area contributed by atoms with Crippen molar-refractivity contribution in [3.05, 3.63) is 22.4 Å². The molecule has 0 fully saturated rings. The summed E-state index contributed by atoms with van der Waals surface area (Å²) in [7, 11) is 3.59. The fourth-order valence-corrected chi connectivity index (χ4v) is 2.18. The van der Waals surface area contributed by atoms with Crippen molar-refractivity contribution in [3.63, 3.8) is 0 Å². The number of nitrogens with zero attached hydrogens (tertiary/aromatic N) is 1. The quantitative estimate of drug-likeness (QED) is 0.853. The summed E-state index contributed by atoms with van der Waals surface area (Å²) in [6.45, 7) is 4.88. The molecule has 1 unspecified atom stereocenters. The summed E-state index contributed by atoms with van der Waals surface area (Å²) < 4.78 is 0. The Kier molecular flexibility index (Phi) is 4.96. The Labute approximate surface area is 101 Å². The van der Waals surface area contributed by atoms with Crippen LogP contribution in [0.3, 0.4) is 0 Å². The monoisotopic (exact) mass is 240 g/mol. The van der Waals surface area contributed by atoms with Crippen molar-refractivity contribution in [2.75, 3.05) is 14.1 Å². The molecule has 0 aliphatic carbocycles. The van der Waals surface area contributed by atoms with Gasteiger partial charge in [-0.3, -0.25) is 4.79 Å². The highest BCUT2D eigenvalue weighted by Crippen LogP contribution is 2.09. The molecule has 1 aromatic heterocycles. The number of likely N-dealkylation sites (N-methyl/N-ethyl adjacent to an activating group) is 1. The highest BCUT2D eigenvalue weighted by Gasteiger charge is 2.22. The zero-order valence-corrected chi connectivity index (χ0v) is 11.2. The third-order valence-electron chi connectivity index (χ3n) is 2.48. The van der Waals surface area contributed by atoms with E-state index in [4.69, 9.17) is 0 Å². The van der Waals surface area contributed by atoms with Crippen LogP contribution in [0, 0.1) is 5.92 Å². The van der Waals surface area contributed by atoms with Crippen LogP contribution in [0.25, 0.3) is 0 Å². The lowest BCUT2D eigenvalue weighted by atomic mass is 10.0. The predicted molar refractivity (Wildman–Crippen MR) is 68.5 cm³/mol. The van der Waals surface area contributed by atoms with Gasteiger partial charge < -0.3 is 10.2 Å². The van der Waals surface area contributed by atoms with Gasteiger partial charge in [0.2, 0.25) is 5.91 Å². The number of hydrogen-bond donors (Lipinski definition) is 1. The van der Waals surface area contributed by atoms with E-state index in [1.165, 1.54) is 5.56 Å². The first-order valence-corrected chi connectivity index (χ1v) is 6.42. The second-order valence-electron chi connectivity index (χ2n) is 4.47. The Hall–Kier alpha value is -0.870. The van der Waals surface area contributed by atoms with Crippen molar-refractivity contribution >= 4 is 17.2 Å². The molecule has 4 heteroatoms. The summed E-state index contributed by atoms with van der Waals surface area (Å²) in [5, 5.41) is 7.47. The van der Waals surface area contributed by atoms with E-state index in [-0.39, 0.29) is 11.9 Å². The maximum Gasteiger partial charge on any atom is 0.239 e. The van der Waals surface area contributed by atoms with Crippen LogP contribution in [0.5, 0.6) is 0 Å². The van der Waals surface area contributed by atoms with Crippen molar-refractivity contribution in [3.8, 4) is 0 Å². The van der Waals surface area contributed by atoms with Gasteiger partial charge in [0.25, 0.3) is 0 Å². The molecule has 1 heterocycles. The van der Waals surface area contributed by atoms with Gasteiger partial charge in [-0.05, 0) is 28.3 Å². The minimum absolute atomic E-state index is 0.102. The fourth-order valence-electron chi connectivity index (χ4n) is 1.51. The lowest BCUT2D eigenvalue weighted by Gasteiger charge is -2.24. The Balaban J connectivity index is 2.55. The van der Waals surface area contributed by atoms with Crippen LogP contribution >= 0.6 is 11.3 Å². The van der Waals surface area contributed by atoms with E-state index >= 15 is 0 Å². The first-order valence-electron chi connectivity index (χ1n) is 5.48. The van der Waals surface area contributed by atoms with Crippen LogP contribution < -0.4 is 5.32 Å². The average molecular weight is 240 g/mol. The van der Waals surface area contributed by atoms with E-state index in [0.29, 0.717) is 5.92 Å². The molecule has 3 nitrogen and oxygen atoms in total. The van der Waals surface area contributed by atoms with Crippen LogP contribution in [0.1, 0.15) is 19.4 Å². The third-order valence-corrected chi connectivity index (χ3v) is 3.21. The largest absolute Gasteiger partial charge is 0.347 e. The second kappa shape index (κ2) is 6.01. The summed E-state index contributed by atoms with van der Waals surface area (Å²) in [5.74, 6) is 0.443. The molecule has 1 atom stereocenters. The summed E-state index contributed by atoms with van der Waals surface area (Å²) in [6, 6.07) is 1.98. The van der Waals surface area contributed by atoms with E-state index in [0.717, 1.165) is 6.54 Å². The van der Waals surface area contributed by atoms with Crippen LogP contribution in [-0.4, -0.2) is 30.9 Å². The number of carbonyl (C=O) groups is 1. The Morgan fingerprint density at radius 2 is 2.19 bits per heavy atom. The van der Waals surface area contributed by atoms with Crippen molar-refractivity contribution in [1.29, 1.82) is 0 Å². The standard InChI is InChI=1S/C12H20N2OS/c1-9(2)11(12(15)14(3)4)13-7-10-5-6-16-8-10/h5-6,8-9,11,13H,7H2,1-4H3. The molecule has 0 spiro atoms. The van der Waals surface area contributed by atoms with Crippen molar-refractivity contribution < 1.29 is 4.79 Å². The van der Waals surface area contributed by atoms with E-state index < -0.39 is 0 Å². The van der Waals surface area contributed by atoms with Crippen molar-refractivity contribution in [2.24, 2.45) is 5.92 Å². The first-order chi connectivity index (χ1) is 7.52. The first kappa shape index (κ1) is 13.2. The molecule has 1 amide bonds. The summed E-state index contributed by atoms with van der Waals surface area (Å²) in [6.07, 6.45) is 0. The number of nitrogens with one attached hydrogen (secondary N) is 1. The van der Waals surface area contributed by atoms with Crippen LogP contribution in [0.15, 0.2) is 16.8 Å². The van der Waals surface area contributed by atoms with Gasteiger partial charge >= 0.3 is 0 Å². The molecule has 1 aromatic rings. The van der Waals surface area contributed by atoms with E-state index in [1.54, 1.807) is 30.3 Å². The second-order valence-corrected chi connectivity index (χ2v) is 5.25. The topological polar surface area (TPSA) is 32.3 Å². The van der Waals surface area contributed by atoms with E-state index in [1.807, 2.05) is 0 Å². The molecule has 0 saturated carbocycles. The number of carbonyl (C=O) groups excluding carboxylic acids is 1. The van der Waals surface area contributed by atoms with Gasteiger partial charge in [0.15, 0.2) is 0 Å². The highest BCUT2D eigenvalue weighted by atomic mass is 32.1. The van der Waals surface area contributed by atoms with Gasteiger partial charge in [-0.15, -0.1) is 0 Å². The Morgan fingerprint density at radius 1 is 1.50 bits per heavy atom. The summed E-state index contributed by atoms with van der Waals surface area (Å²) in [4.78, 5) is 13.6. The minimum atomic E-state index is -0.102. The maximum atomic E-state index is 11.9. The predicted octanol–water partition coefficient (Wildman–Crippen LogP) is 1.95. The minimum Gasteiger partial charge on any atom is -0.347 e. The van der Waals surface area contributed by atoms with Crippen LogP contribution in [0.4, 0.5) is 0 Å². The molecule has 0 aliphatic rings. The fraction of sp³-hybridized carbons (Fsp3) is 0.583. The number of amides is 1. The smallest absolute Gasteiger partial charge is 0.239 e. The SMILES string of the molecule is CC(C)C(NCc1ccsc1)C(=O)N(C)C. The summed E-state index contributed by atoms with van der Waals surface area (Å²) in [5.41, 5.74) is 1.24.